The summed E-state index contributed by atoms with van der Waals surface area (Å²) in [5.74, 6) is 2.89. The molecule has 0 aliphatic rings. The molecule has 0 amide bonds. The summed E-state index contributed by atoms with van der Waals surface area (Å²) in [5, 5.41) is 13.7. The van der Waals surface area contributed by atoms with Crippen LogP contribution in [0.15, 0.2) is 30.3 Å². The topological polar surface area (TPSA) is 43.1 Å². The first kappa shape index (κ1) is 12.6. The van der Waals surface area contributed by atoms with Crippen molar-refractivity contribution in [2.45, 2.75) is 19.1 Å². The Labute approximate surface area is 119 Å². The monoisotopic (exact) mass is 290 g/mol. The summed E-state index contributed by atoms with van der Waals surface area (Å²) in [6.45, 7) is 1.99. The van der Waals surface area contributed by atoms with Crippen molar-refractivity contribution in [2.75, 3.05) is 5.75 Å². The van der Waals surface area contributed by atoms with Gasteiger partial charge in [-0.1, -0.05) is 41.7 Å². The van der Waals surface area contributed by atoms with Crippen LogP contribution in [0.2, 0.25) is 0 Å². The van der Waals surface area contributed by atoms with E-state index in [-0.39, 0.29) is 0 Å². The molecule has 19 heavy (non-hydrogen) atoms. The molecule has 0 fully saturated rings. The second-order valence-electron chi connectivity index (χ2n) is 4.22. The molecule has 1 aromatic carbocycles. The summed E-state index contributed by atoms with van der Waals surface area (Å²) in [5.41, 5.74) is 1.38. The van der Waals surface area contributed by atoms with E-state index in [2.05, 4.69) is 39.6 Å². The minimum atomic E-state index is 0.858. The molecule has 0 saturated heterocycles. The average molecular weight is 290 g/mol. The van der Waals surface area contributed by atoms with Gasteiger partial charge in [-0.3, -0.25) is 0 Å². The second kappa shape index (κ2) is 5.71. The van der Waals surface area contributed by atoms with Crippen molar-refractivity contribution in [1.82, 2.24) is 19.8 Å². The molecule has 0 aliphatic heterocycles. The van der Waals surface area contributed by atoms with Crippen molar-refractivity contribution in [3.8, 4) is 0 Å². The summed E-state index contributed by atoms with van der Waals surface area (Å²) >= 11 is 3.45. The highest BCUT2D eigenvalue weighted by Crippen LogP contribution is 2.17. The van der Waals surface area contributed by atoms with Crippen LogP contribution in [0.3, 0.4) is 0 Å². The average Bonchev–Trinajstić information content (AvgIpc) is 2.96. The summed E-state index contributed by atoms with van der Waals surface area (Å²) in [7, 11) is 0. The molecule has 0 saturated carbocycles. The van der Waals surface area contributed by atoms with Crippen molar-refractivity contribution >= 4 is 28.1 Å². The molecule has 0 radical (unpaired) electrons. The first-order chi connectivity index (χ1) is 9.33. The molecule has 0 bridgehead atoms. The second-order valence-corrected chi connectivity index (χ2v) is 6.49. The molecular formula is C13H14N4S2. The number of fused-ring (bicyclic) bond motifs is 1. The normalized spacial score (nSPS) is 11.2. The van der Waals surface area contributed by atoms with Crippen LogP contribution in [0, 0.1) is 6.92 Å². The Hall–Kier alpha value is -1.40. The Morgan fingerprint density at radius 2 is 2.05 bits per heavy atom. The highest BCUT2D eigenvalue weighted by atomic mass is 32.2. The number of thioether (sulfide) groups is 1. The Kier molecular flexibility index (Phi) is 3.79. The summed E-state index contributed by atoms with van der Waals surface area (Å²) in [4.78, 5) is 0.885. The molecule has 98 valence electrons. The van der Waals surface area contributed by atoms with Crippen molar-refractivity contribution in [3.63, 3.8) is 0 Å². The van der Waals surface area contributed by atoms with Crippen LogP contribution >= 0.6 is 23.1 Å². The maximum Gasteiger partial charge on any atom is 0.234 e. The van der Waals surface area contributed by atoms with Gasteiger partial charge in [-0.15, -0.1) is 10.2 Å². The van der Waals surface area contributed by atoms with Gasteiger partial charge in [0.05, 0.1) is 5.75 Å². The van der Waals surface area contributed by atoms with Gasteiger partial charge in [0.25, 0.3) is 0 Å². The fourth-order valence-corrected chi connectivity index (χ4v) is 3.43. The number of hydrogen-bond acceptors (Lipinski definition) is 5. The van der Waals surface area contributed by atoms with Crippen molar-refractivity contribution in [1.29, 1.82) is 0 Å². The standard InChI is InChI=1S/C13H14N4S2/c1-10-16-17-12(14-15-13(17)19-10)9-18-8-7-11-5-3-2-4-6-11/h2-6H,7-9H2,1H3. The fraction of sp³-hybridized carbons (Fsp3) is 0.308. The number of aromatic nitrogens is 4. The Morgan fingerprint density at radius 3 is 2.89 bits per heavy atom. The lowest BCUT2D eigenvalue weighted by atomic mass is 10.2. The predicted molar refractivity (Wildman–Crippen MR) is 79.7 cm³/mol. The van der Waals surface area contributed by atoms with Gasteiger partial charge in [0.1, 0.15) is 5.01 Å². The lowest BCUT2D eigenvalue weighted by Crippen LogP contribution is -1.95. The first-order valence-electron chi connectivity index (χ1n) is 6.12. The third-order valence-corrected chi connectivity index (χ3v) is 4.53. The zero-order valence-corrected chi connectivity index (χ0v) is 12.2. The third-order valence-electron chi connectivity index (χ3n) is 2.77. The van der Waals surface area contributed by atoms with Gasteiger partial charge in [0, 0.05) is 0 Å². The quantitative estimate of drug-likeness (QED) is 0.678. The maximum atomic E-state index is 4.41. The van der Waals surface area contributed by atoms with Gasteiger partial charge in [0.15, 0.2) is 5.82 Å². The highest BCUT2D eigenvalue weighted by Gasteiger charge is 2.09. The van der Waals surface area contributed by atoms with Crippen LogP contribution in [0.5, 0.6) is 0 Å². The largest absolute Gasteiger partial charge is 0.234 e. The van der Waals surface area contributed by atoms with Gasteiger partial charge in [-0.2, -0.15) is 21.4 Å². The van der Waals surface area contributed by atoms with Gasteiger partial charge in [-0.05, 0) is 24.7 Å². The van der Waals surface area contributed by atoms with E-state index in [0.29, 0.717) is 0 Å². The molecule has 2 aromatic heterocycles. The van der Waals surface area contributed by atoms with Gasteiger partial charge in [0.2, 0.25) is 4.96 Å². The fourth-order valence-electron chi connectivity index (χ4n) is 1.84. The van der Waals surface area contributed by atoms with Gasteiger partial charge >= 0.3 is 0 Å². The van der Waals surface area contributed by atoms with E-state index in [9.17, 15) is 0 Å². The molecule has 0 spiro atoms. The van der Waals surface area contributed by atoms with Gasteiger partial charge < -0.3 is 0 Å². The molecular weight excluding hydrogens is 276 g/mol. The number of benzene rings is 1. The molecule has 0 atom stereocenters. The van der Waals surface area contributed by atoms with Crippen LogP contribution in [0.1, 0.15) is 16.4 Å². The maximum absolute atomic E-state index is 4.41. The molecule has 3 aromatic rings. The zero-order chi connectivity index (χ0) is 13.1. The molecule has 4 nitrogen and oxygen atoms in total. The predicted octanol–water partition coefficient (Wildman–Crippen LogP) is 2.97. The van der Waals surface area contributed by atoms with E-state index in [1.54, 1.807) is 11.3 Å². The number of nitrogens with zero attached hydrogens (tertiary/aromatic N) is 4. The molecule has 0 unspecified atom stereocenters. The summed E-state index contributed by atoms with van der Waals surface area (Å²) in [6.07, 6.45) is 1.09. The van der Waals surface area contributed by atoms with Crippen molar-refractivity contribution < 1.29 is 0 Å². The van der Waals surface area contributed by atoms with Crippen molar-refractivity contribution in [2.24, 2.45) is 0 Å². The Bertz CT molecular complexity index is 660. The van der Waals surface area contributed by atoms with Crippen LogP contribution < -0.4 is 0 Å². The van der Waals surface area contributed by atoms with Crippen LogP contribution in [-0.4, -0.2) is 25.6 Å². The molecule has 0 N–H and O–H groups in total. The zero-order valence-electron chi connectivity index (χ0n) is 10.6. The first-order valence-corrected chi connectivity index (χ1v) is 8.09. The van der Waals surface area contributed by atoms with Crippen LogP contribution in [-0.2, 0) is 12.2 Å². The highest BCUT2D eigenvalue weighted by molar-refractivity contribution is 7.98. The Morgan fingerprint density at radius 1 is 1.21 bits per heavy atom. The molecule has 0 aliphatic carbocycles. The van der Waals surface area contributed by atoms with Crippen molar-refractivity contribution in [3.05, 3.63) is 46.7 Å². The van der Waals surface area contributed by atoms with E-state index in [1.165, 1.54) is 5.56 Å². The van der Waals surface area contributed by atoms with E-state index in [4.69, 9.17) is 0 Å². The van der Waals surface area contributed by atoms with E-state index in [0.717, 1.165) is 33.7 Å². The van der Waals surface area contributed by atoms with Crippen LogP contribution in [0.4, 0.5) is 0 Å². The Balaban J connectivity index is 1.55. The smallest absolute Gasteiger partial charge is 0.186 e. The minimum absolute atomic E-state index is 0.858. The van der Waals surface area contributed by atoms with E-state index in [1.807, 2.05) is 29.3 Å². The van der Waals surface area contributed by atoms with E-state index >= 15 is 0 Å². The SMILES string of the molecule is Cc1nn2c(CSCCc3ccccc3)nnc2s1. The van der Waals surface area contributed by atoms with Gasteiger partial charge in [-0.25, -0.2) is 0 Å². The molecule has 6 heteroatoms. The lowest BCUT2D eigenvalue weighted by molar-refractivity contribution is 0.868. The molecule has 3 rings (SSSR count). The van der Waals surface area contributed by atoms with E-state index < -0.39 is 0 Å². The number of hydrogen-bond donors (Lipinski definition) is 0. The third kappa shape index (κ3) is 2.96. The lowest BCUT2D eigenvalue weighted by Gasteiger charge is -2.00. The number of aryl methyl sites for hydroxylation is 2. The number of rotatable bonds is 5. The molecule has 2 heterocycles. The summed E-state index contributed by atoms with van der Waals surface area (Å²) < 4.78 is 1.86. The minimum Gasteiger partial charge on any atom is -0.186 e. The summed E-state index contributed by atoms with van der Waals surface area (Å²) in [6, 6.07) is 10.5. The van der Waals surface area contributed by atoms with Crippen LogP contribution in [0.25, 0.3) is 4.96 Å².